The van der Waals surface area contributed by atoms with Gasteiger partial charge in [0, 0.05) is 23.9 Å². The first-order chi connectivity index (χ1) is 17.7. The molecule has 36 heavy (non-hydrogen) atoms. The fourth-order valence-corrected chi connectivity index (χ4v) is 4.95. The fraction of sp³-hybridized carbons (Fsp3) is 0.241. The van der Waals surface area contributed by atoms with Gasteiger partial charge in [0.1, 0.15) is 11.6 Å². The second-order valence-corrected chi connectivity index (χ2v) is 9.18. The van der Waals surface area contributed by atoms with Crippen molar-refractivity contribution < 1.29 is 9.53 Å². The molecule has 0 fully saturated rings. The SMILES string of the molecule is COc1ccc2cc(-c3cc(C(=O)NCc4nnc5n4CCCCC5)c4ccccc4n3)ccc2c1. The molecule has 1 amide bonds. The number of amides is 1. The summed E-state index contributed by atoms with van der Waals surface area (Å²) in [6.45, 7) is 1.25. The minimum absolute atomic E-state index is 0.147. The van der Waals surface area contributed by atoms with Crippen molar-refractivity contribution in [2.75, 3.05) is 7.11 Å². The number of fused-ring (bicyclic) bond motifs is 3. The number of benzene rings is 3. The first kappa shape index (κ1) is 22.2. The van der Waals surface area contributed by atoms with Gasteiger partial charge in [0.25, 0.3) is 5.91 Å². The average molecular weight is 478 g/mol. The third-order valence-corrected chi connectivity index (χ3v) is 6.90. The van der Waals surface area contributed by atoms with Crippen LogP contribution in [0, 0.1) is 0 Å². The Kier molecular flexibility index (Phi) is 5.81. The summed E-state index contributed by atoms with van der Waals surface area (Å²) in [6.07, 6.45) is 4.39. The Bertz CT molecular complexity index is 1590. The average Bonchev–Trinajstić information content (AvgIpc) is 3.15. The summed E-state index contributed by atoms with van der Waals surface area (Å²) in [4.78, 5) is 18.3. The van der Waals surface area contributed by atoms with E-state index in [9.17, 15) is 4.79 Å². The highest BCUT2D eigenvalue weighted by molar-refractivity contribution is 6.07. The van der Waals surface area contributed by atoms with Gasteiger partial charge in [0.05, 0.1) is 30.4 Å². The van der Waals surface area contributed by atoms with E-state index in [0.717, 1.165) is 76.1 Å². The number of para-hydroxylation sites is 1. The molecule has 0 radical (unpaired) electrons. The van der Waals surface area contributed by atoms with Crippen molar-refractivity contribution in [3.63, 3.8) is 0 Å². The van der Waals surface area contributed by atoms with Gasteiger partial charge >= 0.3 is 0 Å². The van der Waals surface area contributed by atoms with E-state index >= 15 is 0 Å². The van der Waals surface area contributed by atoms with Crippen LogP contribution in [0.5, 0.6) is 5.75 Å². The molecule has 7 nitrogen and oxygen atoms in total. The number of nitrogens with one attached hydrogen (secondary N) is 1. The lowest BCUT2D eigenvalue weighted by Gasteiger charge is -2.12. The van der Waals surface area contributed by atoms with Crippen LogP contribution in [-0.4, -0.2) is 32.8 Å². The molecule has 2 aromatic heterocycles. The molecule has 180 valence electrons. The maximum atomic E-state index is 13.4. The number of nitrogens with zero attached hydrogens (tertiary/aromatic N) is 4. The summed E-state index contributed by atoms with van der Waals surface area (Å²) >= 11 is 0. The zero-order valence-electron chi connectivity index (χ0n) is 20.2. The molecule has 1 aliphatic rings. The standard InChI is InChI=1S/C29H27N5O2/c1-36-22-13-12-19-15-21(11-10-20(19)16-22)26-17-24(23-7-4-5-8-25(23)31-26)29(35)30-18-28-33-32-27-9-3-2-6-14-34(27)28/h4-5,7-8,10-13,15-17H,2-3,6,9,14,18H2,1H3,(H,30,35). The molecule has 0 aliphatic carbocycles. The minimum Gasteiger partial charge on any atom is -0.497 e. The van der Waals surface area contributed by atoms with Crippen molar-refractivity contribution in [1.29, 1.82) is 0 Å². The third kappa shape index (κ3) is 4.17. The van der Waals surface area contributed by atoms with E-state index < -0.39 is 0 Å². The molecule has 3 heterocycles. The second-order valence-electron chi connectivity index (χ2n) is 9.18. The molecule has 0 atom stereocenters. The van der Waals surface area contributed by atoms with Gasteiger partial charge in [-0.05, 0) is 53.9 Å². The zero-order valence-corrected chi connectivity index (χ0v) is 20.2. The molecule has 0 saturated heterocycles. The smallest absolute Gasteiger partial charge is 0.252 e. The predicted octanol–water partition coefficient (Wildman–Crippen LogP) is 5.31. The zero-order chi connectivity index (χ0) is 24.5. The Morgan fingerprint density at radius 2 is 1.83 bits per heavy atom. The Morgan fingerprint density at radius 1 is 0.972 bits per heavy atom. The molecule has 0 spiro atoms. The van der Waals surface area contributed by atoms with Crippen LogP contribution in [0.1, 0.15) is 41.3 Å². The monoisotopic (exact) mass is 477 g/mol. The summed E-state index contributed by atoms with van der Waals surface area (Å²) in [5.74, 6) is 2.50. The highest BCUT2D eigenvalue weighted by Crippen LogP contribution is 2.29. The molecular formula is C29H27N5O2. The number of aromatic nitrogens is 4. The van der Waals surface area contributed by atoms with Crippen molar-refractivity contribution >= 4 is 27.6 Å². The highest BCUT2D eigenvalue weighted by Gasteiger charge is 2.18. The first-order valence-corrected chi connectivity index (χ1v) is 12.4. The second kappa shape index (κ2) is 9.41. The van der Waals surface area contributed by atoms with Crippen LogP contribution in [0.25, 0.3) is 32.9 Å². The van der Waals surface area contributed by atoms with Crippen LogP contribution in [0.2, 0.25) is 0 Å². The van der Waals surface area contributed by atoms with E-state index in [0.29, 0.717) is 12.1 Å². The summed E-state index contributed by atoms with van der Waals surface area (Å²) in [5.41, 5.74) is 3.09. The number of carbonyl (C=O) groups excluding carboxylic acids is 1. The number of hydrogen-bond acceptors (Lipinski definition) is 5. The molecule has 7 heteroatoms. The number of methoxy groups -OCH3 is 1. The van der Waals surface area contributed by atoms with Crippen molar-refractivity contribution in [3.8, 4) is 17.0 Å². The summed E-state index contributed by atoms with van der Waals surface area (Å²) in [7, 11) is 1.67. The number of ether oxygens (including phenoxy) is 1. The lowest BCUT2D eigenvalue weighted by molar-refractivity contribution is 0.0951. The van der Waals surface area contributed by atoms with Crippen molar-refractivity contribution in [1.82, 2.24) is 25.1 Å². The van der Waals surface area contributed by atoms with Gasteiger partial charge in [-0.25, -0.2) is 4.98 Å². The Balaban J connectivity index is 1.33. The van der Waals surface area contributed by atoms with Gasteiger partial charge in [-0.1, -0.05) is 42.8 Å². The van der Waals surface area contributed by atoms with E-state index in [1.807, 2.05) is 54.6 Å². The lowest BCUT2D eigenvalue weighted by Crippen LogP contribution is -2.25. The maximum Gasteiger partial charge on any atom is 0.252 e. The van der Waals surface area contributed by atoms with E-state index in [4.69, 9.17) is 9.72 Å². The maximum absolute atomic E-state index is 13.4. The number of aryl methyl sites for hydroxylation is 1. The van der Waals surface area contributed by atoms with Crippen LogP contribution < -0.4 is 10.1 Å². The van der Waals surface area contributed by atoms with Gasteiger partial charge in [0.15, 0.2) is 5.82 Å². The fourth-order valence-electron chi connectivity index (χ4n) is 4.95. The molecule has 1 N–H and O–H groups in total. The molecular weight excluding hydrogens is 450 g/mol. The van der Waals surface area contributed by atoms with Crippen LogP contribution in [0.15, 0.2) is 66.7 Å². The largest absolute Gasteiger partial charge is 0.497 e. The van der Waals surface area contributed by atoms with Crippen molar-refractivity contribution in [2.45, 2.75) is 38.8 Å². The van der Waals surface area contributed by atoms with E-state index in [1.165, 1.54) is 6.42 Å². The Labute approximate surface area is 209 Å². The van der Waals surface area contributed by atoms with E-state index in [2.05, 4.69) is 32.2 Å². The van der Waals surface area contributed by atoms with Gasteiger partial charge in [0.2, 0.25) is 0 Å². The normalized spacial score (nSPS) is 13.4. The molecule has 3 aromatic carbocycles. The van der Waals surface area contributed by atoms with Crippen LogP contribution in [0.3, 0.4) is 0 Å². The van der Waals surface area contributed by atoms with Gasteiger partial charge in [-0.3, -0.25) is 4.79 Å². The van der Waals surface area contributed by atoms with Crippen LogP contribution in [-0.2, 0) is 19.5 Å². The number of pyridine rings is 1. The van der Waals surface area contributed by atoms with E-state index in [1.54, 1.807) is 7.11 Å². The lowest BCUT2D eigenvalue weighted by atomic mass is 10.0. The van der Waals surface area contributed by atoms with Crippen LogP contribution in [0.4, 0.5) is 0 Å². The van der Waals surface area contributed by atoms with Crippen LogP contribution >= 0.6 is 0 Å². The molecule has 0 saturated carbocycles. The summed E-state index contributed by atoms with van der Waals surface area (Å²) < 4.78 is 7.51. The molecule has 0 unspecified atom stereocenters. The number of hydrogen-bond donors (Lipinski definition) is 1. The number of rotatable bonds is 5. The van der Waals surface area contributed by atoms with Crippen molar-refractivity contribution in [2.24, 2.45) is 0 Å². The topological polar surface area (TPSA) is 81.9 Å². The van der Waals surface area contributed by atoms with Gasteiger partial charge < -0.3 is 14.6 Å². The molecule has 1 aliphatic heterocycles. The predicted molar refractivity (Wildman–Crippen MR) is 140 cm³/mol. The molecule has 5 aromatic rings. The molecule has 0 bridgehead atoms. The summed E-state index contributed by atoms with van der Waals surface area (Å²) in [5, 5.41) is 14.8. The van der Waals surface area contributed by atoms with Gasteiger partial charge in [-0.15, -0.1) is 10.2 Å². The quantitative estimate of drug-likeness (QED) is 0.371. The van der Waals surface area contributed by atoms with Crippen molar-refractivity contribution in [3.05, 3.63) is 83.9 Å². The Morgan fingerprint density at radius 3 is 2.75 bits per heavy atom. The number of carbonyl (C=O) groups is 1. The summed E-state index contributed by atoms with van der Waals surface area (Å²) in [6, 6.07) is 21.8. The van der Waals surface area contributed by atoms with Gasteiger partial charge in [-0.2, -0.15) is 0 Å². The highest BCUT2D eigenvalue weighted by atomic mass is 16.5. The first-order valence-electron chi connectivity index (χ1n) is 12.4. The van der Waals surface area contributed by atoms with E-state index in [-0.39, 0.29) is 5.91 Å². The molecule has 6 rings (SSSR count). The minimum atomic E-state index is -0.147. The Hall–Kier alpha value is -4.26. The third-order valence-electron chi connectivity index (χ3n) is 6.90.